The Hall–Kier alpha value is -3.15. The summed E-state index contributed by atoms with van der Waals surface area (Å²) < 4.78 is 11.5. The van der Waals surface area contributed by atoms with Gasteiger partial charge >= 0.3 is 0 Å². The molecule has 4 rings (SSSR count). The van der Waals surface area contributed by atoms with Crippen LogP contribution >= 0.6 is 28.3 Å². The smallest absolute Gasteiger partial charge is 0.250 e. The SMILES string of the molecule is COc1cc(/C=N/Nc2nc(Nc3ccc(C)cc3Br)nc(N3CCOCC3)n2)ccc1O.Cl. The van der Waals surface area contributed by atoms with E-state index in [1.54, 1.807) is 24.4 Å². The Morgan fingerprint density at radius 3 is 2.62 bits per heavy atom. The molecule has 34 heavy (non-hydrogen) atoms. The molecule has 180 valence electrons. The van der Waals surface area contributed by atoms with E-state index in [1.165, 1.54) is 7.11 Å². The minimum atomic E-state index is 0. The number of methoxy groups -OCH3 is 1. The molecular formula is C22H25BrClN7O3. The van der Waals surface area contributed by atoms with Gasteiger partial charge in [-0.25, -0.2) is 5.43 Å². The van der Waals surface area contributed by atoms with Gasteiger partial charge < -0.3 is 24.8 Å². The lowest BCUT2D eigenvalue weighted by Crippen LogP contribution is -2.37. The van der Waals surface area contributed by atoms with Crippen LogP contribution in [-0.2, 0) is 4.74 Å². The number of hydrazone groups is 1. The summed E-state index contributed by atoms with van der Waals surface area (Å²) in [6.45, 7) is 4.63. The zero-order valence-corrected chi connectivity index (χ0v) is 21.1. The molecule has 10 nitrogen and oxygen atoms in total. The Bertz CT molecular complexity index is 1160. The molecule has 0 atom stereocenters. The first-order valence-corrected chi connectivity index (χ1v) is 11.1. The van der Waals surface area contributed by atoms with Gasteiger partial charge in [0.1, 0.15) is 0 Å². The molecular weight excluding hydrogens is 526 g/mol. The number of benzene rings is 2. The zero-order chi connectivity index (χ0) is 23.2. The fourth-order valence-electron chi connectivity index (χ4n) is 3.16. The molecule has 0 amide bonds. The molecule has 1 aliphatic rings. The average molecular weight is 551 g/mol. The number of ether oxygens (including phenoxy) is 2. The lowest BCUT2D eigenvalue weighted by atomic mass is 10.2. The number of halogens is 2. The summed E-state index contributed by atoms with van der Waals surface area (Å²) >= 11 is 3.58. The monoisotopic (exact) mass is 549 g/mol. The number of morpholine rings is 1. The van der Waals surface area contributed by atoms with E-state index in [-0.39, 0.29) is 18.2 Å². The van der Waals surface area contributed by atoms with Crippen LogP contribution in [0.5, 0.6) is 11.5 Å². The first kappa shape index (κ1) is 25.5. The second-order valence-electron chi connectivity index (χ2n) is 7.29. The second kappa shape index (κ2) is 11.8. The number of rotatable bonds is 7. The van der Waals surface area contributed by atoms with Crippen LogP contribution < -0.4 is 20.4 Å². The van der Waals surface area contributed by atoms with Crippen LogP contribution in [0.1, 0.15) is 11.1 Å². The van der Waals surface area contributed by atoms with Crippen molar-refractivity contribution in [3.8, 4) is 11.5 Å². The van der Waals surface area contributed by atoms with Crippen LogP contribution in [0.25, 0.3) is 0 Å². The lowest BCUT2D eigenvalue weighted by Gasteiger charge is -2.27. The number of nitrogens with one attached hydrogen (secondary N) is 2. The van der Waals surface area contributed by atoms with E-state index < -0.39 is 0 Å². The third-order valence-corrected chi connectivity index (χ3v) is 5.53. The summed E-state index contributed by atoms with van der Waals surface area (Å²) in [4.78, 5) is 15.6. The Labute approximate surface area is 212 Å². The van der Waals surface area contributed by atoms with Gasteiger partial charge in [-0.15, -0.1) is 12.4 Å². The number of nitrogens with zero attached hydrogens (tertiary/aromatic N) is 5. The van der Waals surface area contributed by atoms with Gasteiger partial charge in [-0.1, -0.05) is 6.07 Å². The number of aromatic hydroxyl groups is 1. The van der Waals surface area contributed by atoms with Crippen molar-refractivity contribution in [3.05, 3.63) is 52.0 Å². The molecule has 1 fully saturated rings. The summed E-state index contributed by atoms with van der Waals surface area (Å²) in [5, 5.41) is 17.2. The van der Waals surface area contributed by atoms with Gasteiger partial charge in [0, 0.05) is 17.6 Å². The number of hydrogen-bond acceptors (Lipinski definition) is 10. The molecule has 1 aliphatic heterocycles. The van der Waals surface area contributed by atoms with E-state index in [0.29, 0.717) is 49.9 Å². The van der Waals surface area contributed by atoms with Crippen molar-refractivity contribution in [2.75, 3.05) is 49.1 Å². The number of aromatic nitrogens is 3. The zero-order valence-electron chi connectivity index (χ0n) is 18.7. The van der Waals surface area contributed by atoms with E-state index in [9.17, 15) is 5.11 Å². The van der Waals surface area contributed by atoms with Crippen molar-refractivity contribution in [3.63, 3.8) is 0 Å². The minimum absolute atomic E-state index is 0. The summed E-state index contributed by atoms with van der Waals surface area (Å²) in [5.41, 5.74) is 5.58. The van der Waals surface area contributed by atoms with Crippen molar-refractivity contribution < 1.29 is 14.6 Å². The number of hydrogen-bond donors (Lipinski definition) is 3. The fraction of sp³-hybridized carbons (Fsp3) is 0.273. The van der Waals surface area contributed by atoms with E-state index >= 15 is 0 Å². The largest absolute Gasteiger partial charge is 0.504 e. The van der Waals surface area contributed by atoms with Gasteiger partial charge in [0.05, 0.1) is 32.2 Å². The maximum Gasteiger partial charge on any atom is 0.250 e. The number of anilines is 4. The quantitative estimate of drug-likeness (QED) is 0.295. The summed E-state index contributed by atoms with van der Waals surface area (Å²) in [6.07, 6.45) is 1.59. The molecule has 2 aromatic carbocycles. The number of phenolic OH excluding ortho intramolecular Hbond substituents is 1. The molecule has 0 spiro atoms. The number of aryl methyl sites for hydroxylation is 1. The van der Waals surface area contributed by atoms with Crippen LogP contribution in [0.15, 0.2) is 46.0 Å². The second-order valence-corrected chi connectivity index (χ2v) is 8.15. The van der Waals surface area contributed by atoms with E-state index in [0.717, 1.165) is 21.3 Å². The molecule has 1 saturated heterocycles. The van der Waals surface area contributed by atoms with Gasteiger partial charge in [0.25, 0.3) is 0 Å². The molecule has 0 radical (unpaired) electrons. The Morgan fingerprint density at radius 2 is 1.88 bits per heavy atom. The lowest BCUT2D eigenvalue weighted by molar-refractivity contribution is 0.122. The van der Waals surface area contributed by atoms with Crippen LogP contribution in [0.2, 0.25) is 0 Å². The average Bonchev–Trinajstić information content (AvgIpc) is 2.82. The van der Waals surface area contributed by atoms with Crippen LogP contribution in [0, 0.1) is 6.92 Å². The number of phenols is 1. The van der Waals surface area contributed by atoms with Gasteiger partial charge in [-0.3, -0.25) is 0 Å². The molecule has 2 heterocycles. The van der Waals surface area contributed by atoms with Crippen molar-refractivity contribution in [2.45, 2.75) is 6.92 Å². The fourth-order valence-corrected chi connectivity index (χ4v) is 3.75. The Kier molecular flexibility index (Phi) is 8.85. The van der Waals surface area contributed by atoms with Gasteiger partial charge in [-0.2, -0.15) is 20.1 Å². The van der Waals surface area contributed by atoms with E-state index in [1.807, 2.05) is 30.0 Å². The normalized spacial score (nSPS) is 13.4. The van der Waals surface area contributed by atoms with Crippen LogP contribution in [0.4, 0.5) is 23.5 Å². The molecule has 0 unspecified atom stereocenters. The van der Waals surface area contributed by atoms with Crippen molar-refractivity contribution in [1.29, 1.82) is 0 Å². The first-order chi connectivity index (χ1) is 16.0. The van der Waals surface area contributed by atoms with Crippen molar-refractivity contribution in [1.82, 2.24) is 15.0 Å². The molecule has 0 bridgehead atoms. The summed E-state index contributed by atoms with van der Waals surface area (Å²) in [5.74, 6) is 1.64. The topological polar surface area (TPSA) is 117 Å². The molecule has 3 aromatic rings. The highest BCUT2D eigenvalue weighted by atomic mass is 79.9. The molecule has 0 saturated carbocycles. The highest BCUT2D eigenvalue weighted by molar-refractivity contribution is 9.10. The van der Waals surface area contributed by atoms with E-state index in [4.69, 9.17) is 9.47 Å². The molecule has 3 N–H and O–H groups in total. The summed E-state index contributed by atoms with van der Waals surface area (Å²) in [7, 11) is 1.49. The highest BCUT2D eigenvalue weighted by Crippen LogP contribution is 2.27. The maximum absolute atomic E-state index is 9.74. The standard InChI is InChI=1S/C22H24BrN7O3.ClH/c1-14-3-5-17(16(23)11-14)25-20-26-21(28-22(27-20)30-7-9-33-10-8-30)29-24-13-15-4-6-18(31)19(12-15)32-2;/h3-6,11-13,31H,7-10H2,1-2H3,(H2,25,26,27,28,29);1H/b24-13+;. The van der Waals surface area contributed by atoms with Crippen LogP contribution in [0.3, 0.4) is 0 Å². The third kappa shape index (κ3) is 6.46. The van der Waals surface area contributed by atoms with E-state index in [2.05, 4.69) is 46.7 Å². The predicted molar refractivity (Wildman–Crippen MR) is 138 cm³/mol. The van der Waals surface area contributed by atoms with Crippen molar-refractivity contribution in [2.24, 2.45) is 5.10 Å². The highest BCUT2D eigenvalue weighted by Gasteiger charge is 2.17. The Balaban J connectivity index is 0.00000324. The van der Waals surface area contributed by atoms with Gasteiger partial charge in [-0.05, 0) is 64.3 Å². The maximum atomic E-state index is 9.74. The third-order valence-electron chi connectivity index (χ3n) is 4.87. The minimum Gasteiger partial charge on any atom is -0.504 e. The van der Waals surface area contributed by atoms with Gasteiger partial charge in [0.15, 0.2) is 11.5 Å². The summed E-state index contributed by atoms with van der Waals surface area (Å²) in [6, 6.07) is 10.9. The predicted octanol–water partition coefficient (Wildman–Crippen LogP) is 4.10. The Morgan fingerprint density at radius 1 is 1.12 bits per heavy atom. The molecule has 0 aliphatic carbocycles. The molecule has 12 heteroatoms. The first-order valence-electron chi connectivity index (χ1n) is 10.3. The van der Waals surface area contributed by atoms with Crippen LogP contribution in [-0.4, -0.2) is 59.7 Å². The van der Waals surface area contributed by atoms with Crippen molar-refractivity contribution >= 4 is 58.1 Å². The van der Waals surface area contributed by atoms with Gasteiger partial charge in [0.2, 0.25) is 17.8 Å². The molecule has 1 aromatic heterocycles.